The van der Waals surface area contributed by atoms with Crippen LogP contribution >= 0.6 is 11.6 Å². The fraction of sp³-hybridized carbons (Fsp3) is 0.481. The fourth-order valence-corrected chi connectivity index (χ4v) is 8.33. The van der Waals surface area contributed by atoms with E-state index >= 15 is 0 Å². The lowest BCUT2D eigenvalue weighted by atomic mass is 9.74. The Balaban J connectivity index is 1.56. The van der Waals surface area contributed by atoms with Crippen LogP contribution in [0, 0.1) is 29.3 Å². The number of rotatable bonds is 8. The number of anilines is 1. The molecular formula is C27H30ClF3N2O6S. The van der Waals surface area contributed by atoms with Gasteiger partial charge in [0.2, 0.25) is 5.91 Å². The molecule has 0 aliphatic heterocycles. The number of nitrogens with zero attached hydrogens (tertiary/aromatic N) is 1. The van der Waals surface area contributed by atoms with Crippen LogP contribution in [0.5, 0.6) is 0 Å². The number of hydrogen-bond donors (Lipinski definition) is 3. The highest BCUT2D eigenvalue weighted by molar-refractivity contribution is 7.92. The molecule has 2 aliphatic rings. The first-order chi connectivity index (χ1) is 18.6. The number of sulfone groups is 1. The maximum atomic E-state index is 13.7. The molecule has 2 aromatic rings. The van der Waals surface area contributed by atoms with Crippen LogP contribution < -0.4 is 5.32 Å². The van der Waals surface area contributed by atoms with Crippen LogP contribution in [0.4, 0.5) is 18.9 Å². The van der Waals surface area contributed by atoms with E-state index in [9.17, 15) is 41.4 Å². The van der Waals surface area contributed by atoms with Crippen molar-refractivity contribution in [2.75, 3.05) is 18.4 Å². The van der Waals surface area contributed by atoms with Crippen molar-refractivity contribution >= 4 is 38.9 Å². The summed E-state index contributed by atoms with van der Waals surface area (Å²) in [5.41, 5.74) is -1.82. The summed E-state index contributed by atoms with van der Waals surface area (Å²) in [5.74, 6) is -6.73. The molecule has 0 saturated heterocycles. The van der Waals surface area contributed by atoms with E-state index in [1.54, 1.807) is 0 Å². The molecule has 0 spiro atoms. The third-order valence-electron chi connectivity index (χ3n) is 7.93. The van der Waals surface area contributed by atoms with E-state index in [2.05, 4.69) is 5.32 Å². The Labute approximate surface area is 235 Å². The molecule has 0 radical (unpaired) electrons. The number of fused-ring (bicyclic) bond motifs is 2. The highest BCUT2D eigenvalue weighted by Gasteiger charge is 2.56. The molecule has 218 valence electrons. The lowest BCUT2D eigenvalue weighted by Crippen LogP contribution is -2.56. The molecule has 0 heterocycles. The summed E-state index contributed by atoms with van der Waals surface area (Å²) in [6.07, 6.45) is 0.547. The lowest BCUT2D eigenvalue weighted by molar-refractivity contribution is -0.139. The van der Waals surface area contributed by atoms with Crippen molar-refractivity contribution in [3.05, 3.63) is 58.4 Å². The molecule has 1 unspecified atom stereocenters. The van der Waals surface area contributed by atoms with Gasteiger partial charge in [0.1, 0.15) is 0 Å². The predicted molar refractivity (Wildman–Crippen MR) is 141 cm³/mol. The van der Waals surface area contributed by atoms with Crippen LogP contribution in [0.2, 0.25) is 5.02 Å². The molecule has 4 rings (SSSR count). The van der Waals surface area contributed by atoms with Crippen LogP contribution in [0.15, 0.2) is 35.2 Å². The van der Waals surface area contributed by atoms with Crippen LogP contribution in [-0.4, -0.2) is 65.4 Å². The quantitative estimate of drug-likeness (QED) is 0.394. The second-order valence-corrected chi connectivity index (χ2v) is 13.3. The van der Waals surface area contributed by atoms with Crippen molar-refractivity contribution in [2.24, 2.45) is 11.8 Å². The number of amides is 2. The van der Waals surface area contributed by atoms with E-state index < -0.39 is 62.0 Å². The number of benzene rings is 2. The topological polar surface area (TPSA) is 124 Å². The molecule has 8 nitrogen and oxygen atoms in total. The largest absolute Gasteiger partial charge is 0.392 e. The molecule has 0 aromatic heterocycles. The minimum atomic E-state index is -4.09. The van der Waals surface area contributed by atoms with Crippen molar-refractivity contribution in [3.63, 3.8) is 0 Å². The SMILES string of the molecule is CC(=O)N(C[C@@H](C)O)C[C@@]1(O)C2CC[C@H]1C[C@H](S(=O)(=O)c1cc(C(=O)Nc3cc(F)c(F)c(F)c3)ccc1Cl)C2. The molecule has 3 N–H and O–H groups in total. The molecule has 2 saturated carbocycles. The van der Waals surface area contributed by atoms with Gasteiger partial charge in [-0.2, -0.15) is 0 Å². The number of halogens is 4. The Bertz CT molecular complexity index is 1400. The maximum Gasteiger partial charge on any atom is 0.255 e. The number of aliphatic hydroxyl groups is 2. The summed E-state index contributed by atoms with van der Waals surface area (Å²) in [5, 5.41) is 22.5. The van der Waals surface area contributed by atoms with E-state index in [4.69, 9.17) is 11.6 Å². The van der Waals surface area contributed by atoms with E-state index in [1.807, 2.05) is 0 Å². The van der Waals surface area contributed by atoms with Gasteiger partial charge >= 0.3 is 0 Å². The standard InChI is InChI=1S/C27H30ClF3N2O6S/c1-14(34)12-33(15(2)35)13-27(37)17-4-5-18(27)9-20(8-17)40(38,39)24-7-16(3-6-21(24)28)26(36)32-19-10-22(29)25(31)23(30)11-19/h3,6-7,10-11,14,17-18,20,34,37H,4-5,8-9,12-13H2,1-2H3,(H,32,36)/t14-,17+,18?,20+,27+/m1/s1. The maximum absolute atomic E-state index is 13.7. The van der Waals surface area contributed by atoms with Crippen LogP contribution in [0.25, 0.3) is 0 Å². The summed E-state index contributed by atoms with van der Waals surface area (Å²) < 4.78 is 67.8. The van der Waals surface area contributed by atoms with Crippen molar-refractivity contribution in [1.82, 2.24) is 4.90 Å². The van der Waals surface area contributed by atoms with Crippen molar-refractivity contribution in [2.45, 2.75) is 61.4 Å². The first kappa shape index (κ1) is 30.3. The molecule has 5 atom stereocenters. The molecular weight excluding hydrogens is 573 g/mol. The zero-order chi connectivity index (χ0) is 29.6. The Kier molecular flexibility index (Phi) is 8.56. The van der Waals surface area contributed by atoms with Gasteiger partial charge < -0.3 is 20.4 Å². The van der Waals surface area contributed by atoms with Crippen molar-refractivity contribution in [1.29, 1.82) is 0 Å². The molecule has 2 fully saturated rings. The van der Waals surface area contributed by atoms with Gasteiger partial charge in [0.15, 0.2) is 27.3 Å². The smallest absolute Gasteiger partial charge is 0.255 e. The molecule has 40 heavy (non-hydrogen) atoms. The number of carbonyl (C=O) groups excluding carboxylic acids is 2. The van der Waals surface area contributed by atoms with Gasteiger partial charge in [-0.15, -0.1) is 0 Å². The second kappa shape index (κ2) is 11.3. The van der Waals surface area contributed by atoms with E-state index in [0.717, 1.165) is 6.07 Å². The summed E-state index contributed by atoms with van der Waals surface area (Å²) in [6, 6.07) is 4.74. The summed E-state index contributed by atoms with van der Waals surface area (Å²) in [6.45, 7) is 2.90. The second-order valence-electron chi connectivity index (χ2n) is 10.7. The fourth-order valence-electron chi connectivity index (χ4n) is 5.92. The van der Waals surface area contributed by atoms with Crippen LogP contribution in [-0.2, 0) is 14.6 Å². The molecule has 2 bridgehead atoms. The van der Waals surface area contributed by atoms with Crippen LogP contribution in [0.3, 0.4) is 0 Å². The third kappa shape index (κ3) is 5.86. The number of hydrogen-bond acceptors (Lipinski definition) is 6. The summed E-state index contributed by atoms with van der Waals surface area (Å²) in [4.78, 5) is 26.0. The predicted octanol–water partition coefficient (Wildman–Crippen LogP) is 3.93. The Hall–Kier alpha value is -2.67. The Morgan fingerprint density at radius 3 is 2.23 bits per heavy atom. The monoisotopic (exact) mass is 602 g/mol. The third-order valence-corrected chi connectivity index (χ3v) is 10.6. The van der Waals surface area contributed by atoms with Gasteiger partial charge in [0, 0.05) is 36.9 Å². The Morgan fingerprint density at radius 2 is 1.70 bits per heavy atom. The molecule has 2 amide bonds. The van der Waals surface area contributed by atoms with E-state index in [1.165, 1.54) is 30.9 Å². The van der Waals surface area contributed by atoms with Gasteiger partial charge in [0.25, 0.3) is 5.91 Å². The highest BCUT2D eigenvalue weighted by Crippen LogP contribution is 2.52. The number of aliphatic hydroxyl groups excluding tert-OH is 1. The van der Waals surface area contributed by atoms with Crippen molar-refractivity contribution < 1.29 is 41.4 Å². The van der Waals surface area contributed by atoms with Crippen LogP contribution in [0.1, 0.15) is 49.9 Å². The molecule has 2 aliphatic carbocycles. The minimum Gasteiger partial charge on any atom is -0.392 e. The van der Waals surface area contributed by atoms with Gasteiger partial charge in [-0.3, -0.25) is 9.59 Å². The minimum absolute atomic E-state index is 0.0175. The first-order valence-corrected chi connectivity index (χ1v) is 14.7. The van der Waals surface area contributed by atoms with E-state index in [-0.39, 0.29) is 53.0 Å². The van der Waals surface area contributed by atoms with Gasteiger partial charge in [-0.1, -0.05) is 11.6 Å². The van der Waals surface area contributed by atoms with Gasteiger partial charge in [0.05, 0.1) is 33.4 Å². The number of carbonyl (C=O) groups is 2. The normalized spacial score (nSPS) is 24.9. The average Bonchev–Trinajstić information content (AvgIpc) is 3.02. The number of nitrogens with one attached hydrogen (secondary N) is 1. The van der Waals surface area contributed by atoms with Crippen molar-refractivity contribution in [3.8, 4) is 0 Å². The summed E-state index contributed by atoms with van der Waals surface area (Å²) >= 11 is 6.25. The summed E-state index contributed by atoms with van der Waals surface area (Å²) in [7, 11) is -4.09. The average molecular weight is 603 g/mol. The lowest BCUT2D eigenvalue weighted by Gasteiger charge is -2.45. The first-order valence-electron chi connectivity index (χ1n) is 12.8. The van der Waals surface area contributed by atoms with Gasteiger partial charge in [-0.25, -0.2) is 21.6 Å². The zero-order valence-electron chi connectivity index (χ0n) is 21.8. The van der Waals surface area contributed by atoms with E-state index in [0.29, 0.717) is 25.0 Å². The highest BCUT2D eigenvalue weighted by atomic mass is 35.5. The Morgan fingerprint density at radius 1 is 1.12 bits per heavy atom. The van der Waals surface area contributed by atoms with Gasteiger partial charge in [-0.05, 0) is 62.6 Å². The molecule has 13 heteroatoms. The molecule has 2 aromatic carbocycles. The zero-order valence-corrected chi connectivity index (χ0v) is 23.4.